The number of carbonyl (C=O) groups excluding carboxylic acids is 1. The molecule has 0 aliphatic rings. The first-order valence-electron chi connectivity index (χ1n) is 8.67. The van der Waals surface area contributed by atoms with Gasteiger partial charge in [0.05, 0.1) is 19.8 Å². The van der Waals surface area contributed by atoms with Gasteiger partial charge in [-0.25, -0.2) is 4.98 Å². The van der Waals surface area contributed by atoms with Crippen LogP contribution in [-0.4, -0.2) is 24.1 Å². The van der Waals surface area contributed by atoms with E-state index in [0.29, 0.717) is 12.3 Å². The van der Waals surface area contributed by atoms with E-state index < -0.39 is 0 Å². The number of nitrogens with zero attached hydrogens (tertiary/aromatic N) is 1. The molecule has 27 heavy (non-hydrogen) atoms. The van der Waals surface area contributed by atoms with Crippen LogP contribution in [0, 0.1) is 0 Å². The number of hydrogen-bond donors (Lipinski definition) is 1. The van der Waals surface area contributed by atoms with Gasteiger partial charge in [-0.1, -0.05) is 12.1 Å². The summed E-state index contributed by atoms with van der Waals surface area (Å²) in [5.74, 6) is 0.558. The zero-order valence-corrected chi connectivity index (χ0v) is 16.4. The largest absolute Gasteiger partial charge is 0.497 e. The molecule has 1 heterocycles. The average molecular weight is 382 g/mol. The number of amides is 1. The van der Waals surface area contributed by atoms with Crippen LogP contribution in [0.2, 0.25) is 0 Å². The molecule has 0 atom stereocenters. The maximum absolute atomic E-state index is 12.5. The quantitative estimate of drug-likeness (QED) is 0.625. The van der Waals surface area contributed by atoms with Crippen LogP contribution in [0.25, 0.3) is 10.6 Å². The van der Waals surface area contributed by atoms with Crippen LogP contribution in [-0.2, 0) is 11.3 Å². The molecule has 0 saturated heterocycles. The molecule has 1 amide bonds. The van der Waals surface area contributed by atoms with Gasteiger partial charge in [-0.05, 0) is 55.8 Å². The van der Waals surface area contributed by atoms with Crippen molar-refractivity contribution >= 4 is 22.9 Å². The van der Waals surface area contributed by atoms with Crippen molar-refractivity contribution < 1.29 is 14.3 Å². The molecule has 3 aromatic rings. The maximum atomic E-state index is 12.5. The molecule has 0 spiro atoms. The Morgan fingerprint density at radius 3 is 2.67 bits per heavy atom. The van der Waals surface area contributed by atoms with Crippen LogP contribution in [0.15, 0.2) is 53.9 Å². The zero-order chi connectivity index (χ0) is 19.2. The van der Waals surface area contributed by atoms with E-state index in [-0.39, 0.29) is 12.0 Å². The number of rotatable bonds is 7. The number of ether oxygens (including phenoxy) is 2. The standard InChI is InChI=1S/C21H22N2O3S/c1-14(2)26-12-15-5-4-6-17(11-15)22-20(24)19-13-27-21(23-19)16-7-9-18(25-3)10-8-16/h4-11,13-14H,12H2,1-3H3,(H,22,24). The summed E-state index contributed by atoms with van der Waals surface area (Å²) >= 11 is 1.44. The fraction of sp³-hybridized carbons (Fsp3) is 0.238. The van der Waals surface area contributed by atoms with Crippen molar-refractivity contribution in [2.45, 2.75) is 26.6 Å². The van der Waals surface area contributed by atoms with Gasteiger partial charge in [-0.2, -0.15) is 0 Å². The van der Waals surface area contributed by atoms with Crippen molar-refractivity contribution in [2.24, 2.45) is 0 Å². The molecule has 5 nitrogen and oxygen atoms in total. The highest BCUT2D eigenvalue weighted by molar-refractivity contribution is 7.13. The number of benzene rings is 2. The SMILES string of the molecule is COc1ccc(-c2nc(C(=O)Nc3cccc(COC(C)C)c3)cs2)cc1. The van der Waals surface area contributed by atoms with E-state index in [4.69, 9.17) is 9.47 Å². The van der Waals surface area contributed by atoms with Gasteiger partial charge in [-0.3, -0.25) is 4.79 Å². The van der Waals surface area contributed by atoms with Gasteiger partial charge in [-0.15, -0.1) is 11.3 Å². The number of aromatic nitrogens is 1. The summed E-state index contributed by atoms with van der Waals surface area (Å²) in [5.41, 5.74) is 3.09. The second kappa shape index (κ2) is 8.79. The molecule has 2 aromatic carbocycles. The lowest BCUT2D eigenvalue weighted by Crippen LogP contribution is -2.12. The van der Waals surface area contributed by atoms with Crippen molar-refractivity contribution in [3.63, 3.8) is 0 Å². The minimum absolute atomic E-state index is 0.162. The second-order valence-electron chi connectivity index (χ2n) is 6.28. The first kappa shape index (κ1) is 19.1. The highest BCUT2D eigenvalue weighted by atomic mass is 32.1. The topological polar surface area (TPSA) is 60.5 Å². The molecule has 0 aliphatic heterocycles. The van der Waals surface area contributed by atoms with Crippen LogP contribution in [0.5, 0.6) is 5.75 Å². The Bertz CT molecular complexity index is 904. The summed E-state index contributed by atoms with van der Waals surface area (Å²) in [4.78, 5) is 17.0. The Hall–Kier alpha value is -2.70. The summed E-state index contributed by atoms with van der Waals surface area (Å²) in [6.45, 7) is 4.50. The van der Waals surface area contributed by atoms with Gasteiger partial charge in [0.1, 0.15) is 16.5 Å². The van der Waals surface area contributed by atoms with Crippen LogP contribution in [0.4, 0.5) is 5.69 Å². The van der Waals surface area contributed by atoms with Crippen molar-refractivity contribution in [1.29, 1.82) is 0 Å². The van der Waals surface area contributed by atoms with E-state index in [1.807, 2.05) is 62.4 Å². The number of nitrogens with one attached hydrogen (secondary N) is 1. The second-order valence-corrected chi connectivity index (χ2v) is 7.14. The molecule has 140 valence electrons. The number of thiazole rings is 1. The van der Waals surface area contributed by atoms with Gasteiger partial charge in [0.2, 0.25) is 0 Å². The van der Waals surface area contributed by atoms with E-state index in [9.17, 15) is 4.79 Å². The third-order valence-electron chi connectivity index (χ3n) is 3.84. The van der Waals surface area contributed by atoms with Crippen molar-refractivity contribution in [2.75, 3.05) is 12.4 Å². The fourth-order valence-corrected chi connectivity index (χ4v) is 3.25. The first-order chi connectivity index (χ1) is 13.0. The lowest BCUT2D eigenvalue weighted by Gasteiger charge is -2.09. The molecule has 0 radical (unpaired) electrons. The van der Waals surface area contributed by atoms with Gasteiger partial charge in [0.15, 0.2) is 0 Å². The van der Waals surface area contributed by atoms with E-state index in [1.165, 1.54) is 11.3 Å². The predicted molar refractivity (Wildman–Crippen MR) is 108 cm³/mol. The lowest BCUT2D eigenvalue weighted by atomic mass is 10.2. The molecule has 0 aliphatic carbocycles. The molecule has 0 fully saturated rings. The van der Waals surface area contributed by atoms with Crippen molar-refractivity contribution in [3.8, 4) is 16.3 Å². The average Bonchev–Trinajstić information content (AvgIpc) is 3.17. The third-order valence-corrected chi connectivity index (χ3v) is 4.73. The molecule has 0 saturated carbocycles. The number of carbonyl (C=O) groups is 1. The van der Waals surface area contributed by atoms with E-state index in [0.717, 1.165) is 27.6 Å². The van der Waals surface area contributed by atoms with Gasteiger partial charge >= 0.3 is 0 Å². The van der Waals surface area contributed by atoms with Crippen LogP contribution in [0.3, 0.4) is 0 Å². The van der Waals surface area contributed by atoms with E-state index in [2.05, 4.69) is 10.3 Å². The van der Waals surface area contributed by atoms with Gasteiger partial charge in [0, 0.05) is 16.6 Å². The molecule has 1 N–H and O–H groups in total. The summed E-state index contributed by atoms with van der Waals surface area (Å²) < 4.78 is 10.8. The zero-order valence-electron chi connectivity index (χ0n) is 15.6. The van der Waals surface area contributed by atoms with Crippen molar-refractivity contribution in [3.05, 3.63) is 65.2 Å². The Morgan fingerprint density at radius 1 is 1.19 bits per heavy atom. The van der Waals surface area contributed by atoms with Crippen LogP contribution in [0.1, 0.15) is 29.9 Å². The highest BCUT2D eigenvalue weighted by Gasteiger charge is 2.12. The first-order valence-corrected chi connectivity index (χ1v) is 9.55. The molecule has 3 rings (SSSR count). The highest BCUT2D eigenvalue weighted by Crippen LogP contribution is 2.26. The predicted octanol–water partition coefficient (Wildman–Crippen LogP) is 5.00. The number of anilines is 1. The van der Waals surface area contributed by atoms with Gasteiger partial charge < -0.3 is 14.8 Å². The summed E-state index contributed by atoms with van der Waals surface area (Å²) in [6.07, 6.45) is 0.162. The number of methoxy groups -OCH3 is 1. The van der Waals surface area contributed by atoms with E-state index in [1.54, 1.807) is 12.5 Å². The number of hydrogen-bond acceptors (Lipinski definition) is 5. The lowest BCUT2D eigenvalue weighted by molar-refractivity contribution is 0.0657. The summed E-state index contributed by atoms with van der Waals surface area (Å²) in [7, 11) is 1.63. The Balaban J connectivity index is 1.68. The fourth-order valence-electron chi connectivity index (χ4n) is 2.44. The summed E-state index contributed by atoms with van der Waals surface area (Å²) in [6, 6.07) is 15.3. The third kappa shape index (κ3) is 5.15. The van der Waals surface area contributed by atoms with Crippen LogP contribution < -0.4 is 10.1 Å². The van der Waals surface area contributed by atoms with Crippen molar-refractivity contribution in [1.82, 2.24) is 4.98 Å². The molecule has 0 bridgehead atoms. The Labute approximate surface area is 163 Å². The molecular formula is C21H22N2O3S. The molecule has 6 heteroatoms. The summed E-state index contributed by atoms with van der Waals surface area (Å²) in [5, 5.41) is 5.46. The smallest absolute Gasteiger partial charge is 0.275 e. The van der Waals surface area contributed by atoms with Gasteiger partial charge in [0.25, 0.3) is 5.91 Å². The minimum Gasteiger partial charge on any atom is -0.497 e. The van der Waals surface area contributed by atoms with E-state index >= 15 is 0 Å². The molecular weight excluding hydrogens is 360 g/mol. The Kier molecular flexibility index (Phi) is 6.21. The monoisotopic (exact) mass is 382 g/mol. The molecule has 0 unspecified atom stereocenters. The Morgan fingerprint density at radius 2 is 1.96 bits per heavy atom. The molecule has 1 aromatic heterocycles. The normalized spacial score (nSPS) is 10.8. The minimum atomic E-state index is -0.229. The van der Waals surface area contributed by atoms with Crippen LogP contribution >= 0.6 is 11.3 Å². The maximum Gasteiger partial charge on any atom is 0.275 e.